The summed E-state index contributed by atoms with van der Waals surface area (Å²) in [7, 11) is 0. The van der Waals surface area contributed by atoms with Crippen LogP contribution in [0.15, 0.2) is 23.8 Å². The Morgan fingerprint density at radius 1 is 1.50 bits per heavy atom. The lowest BCUT2D eigenvalue weighted by molar-refractivity contribution is 0.224. The van der Waals surface area contributed by atoms with Crippen molar-refractivity contribution in [1.29, 1.82) is 0 Å². The highest BCUT2D eigenvalue weighted by molar-refractivity contribution is 5.41. The molecule has 1 nitrogen and oxygen atoms in total. The van der Waals surface area contributed by atoms with Gasteiger partial charge in [-0.25, -0.2) is 0 Å². The zero-order chi connectivity index (χ0) is 9.14. The Morgan fingerprint density at radius 3 is 2.50 bits per heavy atom. The van der Waals surface area contributed by atoms with Crippen molar-refractivity contribution >= 4 is 0 Å². The summed E-state index contributed by atoms with van der Waals surface area (Å²) in [6.45, 7) is 7.96. The maximum absolute atomic E-state index is 9.34. The van der Waals surface area contributed by atoms with E-state index in [-0.39, 0.29) is 6.10 Å². The van der Waals surface area contributed by atoms with Crippen molar-refractivity contribution in [3.8, 4) is 0 Å². The van der Waals surface area contributed by atoms with Gasteiger partial charge in [-0.1, -0.05) is 31.1 Å². The minimum atomic E-state index is -0.335. The molecule has 2 atom stereocenters. The number of aliphatic hydroxyl groups is 1. The molecule has 2 unspecified atom stereocenters. The van der Waals surface area contributed by atoms with Gasteiger partial charge in [-0.05, 0) is 19.3 Å². The Morgan fingerprint density at radius 2 is 2.17 bits per heavy atom. The number of hydrogen-bond donors (Lipinski definition) is 1. The number of rotatable bonds is 5. The summed E-state index contributed by atoms with van der Waals surface area (Å²) in [5.74, 6) is 0.713. The molecule has 68 valence electrons. The van der Waals surface area contributed by atoms with Crippen LogP contribution in [0.5, 0.6) is 0 Å². The lowest BCUT2D eigenvalue weighted by Gasteiger charge is -2.00. The molecule has 1 rings (SSSR count). The van der Waals surface area contributed by atoms with Gasteiger partial charge in [0.05, 0.1) is 6.10 Å². The van der Waals surface area contributed by atoms with E-state index in [1.807, 2.05) is 0 Å². The molecule has 1 aliphatic carbocycles. The summed E-state index contributed by atoms with van der Waals surface area (Å²) in [6, 6.07) is 0. The molecule has 0 aromatic carbocycles. The molecule has 0 radical (unpaired) electrons. The minimum Gasteiger partial charge on any atom is -0.389 e. The molecule has 0 saturated carbocycles. The van der Waals surface area contributed by atoms with Crippen LogP contribution in [-0.2, 0) is 0 Å². The highest BCUT2D eigenvalue weighted by Gasteiger charge is 2.33. The van der Waals surface area contributed by atoms with Gasteiger partial charge >= 0.3 is 0 Å². The highest BCUT2D eigenvalue weighted by Crippen LogP contribution is 2.46. The van der Waals surface area contributed by atoms with Crippen molar-refractivity contribution in [3.63, 3.8) is 0 Å². The highest BCUT2D eigenvalue weighted by atomic mass is 16.3. The first-order valence-electron chi connectivity index (χ1n) is 4.76. The first-order valence-corrected chi connectivity index (χ1v) is 4.76. The lowest BCUT2D eigenvalue weighted by atomic mass is 10.1. The van der Waals surface area contributed by atoms with Crippen molar-refractivity contribution in [3.05, 3.63) is 23.8 Å². The molecule has 0 amide bonds. The van der Waals surface area contributed by atoms with Gasteiger partial charge in [0.25, 0.3) is 0 Å². The van der Waals surface area contributed by atoms with E-state index in [1.54, 1.807) is 11.6 Å². The molecule has 1 aliphatic rings. The van der Waals surface area contributed by atoms with Gasteiger partial charge in [0, 0.05) is 5.92 Å². The monoisotopic (exact) mass is 166 g/mol. The molecule has 0 spiro atoms. The van der Waals surface area contributed by atoms with E-state index in [4.69, 9.17) is 0 Å². The Hall–Kier alpha value is -0.560. The van der Waals surface area contributed by atoms with Crippen LogP contribution in [0.4, 0.5) is 0 Å². The predicted octanol–water partition coefficient (Wildman–Crippen LogP) is 2.67. The second-order valence-corrected chi connectivity index (χ2v) is 3.37. The van der Waals surface area contributed by atoms with Crippen LogP contribution in [0.1, 0.15) is 33.1 Å². The molecular formula is C11H18O. The van der Waals surface area contributed by atoms with Crippen LogP contribution in [0, 0.1) is 5.92 Å². The van der Waals surface area contributed by atoms with Crippen molar-refractivity contribution in [1.82, 2.24) is 0 Å². The van der Waals surface area contributed by atoms with E-state index in [2.05, 4.69) is 20.4 Å². The molecule has 0 aromatic heterocycles. The van der Waals surface area contributed by atoms with E-state index < -0.39 is 0 Å². The third-order valence-electron chi connectivity index (χ3n) is 2.66. The van der Waals surface area contributed by atoms with Crippen molar-refractivity contribution in [2.75, 3.05) is 0 Å². The summed E-state index contributed by atoms with van der Waals surface area (Å²) in [4.78, 5) is 0. The van der Waals surface area contributed by atoms with Gasteiger partial charge < -0.3 is 5.11 Å². The zero-order valence-corrected chi connectivity index (χ0v) is 8.01. The fourth-order valence-corrected chi connectivity index (χ4v) is 1.93. The Kier molecular flexibility index (Phi) is 3.10. The fraction of sp³-hybridized carbons (Fsp3) is 0.636. The standard InChI is InChI=1S/C11H18O/c1-4-8(12)7-11-9(5-2)10(11)6-3/h4,8-9,12H,1,5-7H2,2-3H3. The molecule has 0 bridgehead atoms. The maximum Gasteiger partial charge on any atom is 0.0755 e. The quantitative estimate of drug-likeness (QED) is 0.622. The topological polar surface area (TPSA) is 20.2 Å². The number of hydrogen-bond acceptors (Lipinski definition) is 1. The normalized spacial score (nSPS) is 24.1. The van der Waals surface area contributed by atoms with Gasteiger partial charge in [0.15, 0.2) is 0 Å². The molecule has 0 saturated heterocycles. The molecule has 12 heavy (non-hydrogen) atoms. The first kappa shape index (κ1) is 9.53. The largest absolute Gasteiger partial charge is 0.389 e. The summed E-state index contributed by atoms with van der Waals surface area (Å²) in [6.07, 6.45) is 4.44. The van der Waals surface area contributed by atoms with Gasteiger partial charge in [-0.3, -0.25) is 0 Å². The molecule has 1 heteroatoms. The Labute approximate surface area is 74.8 Å². The fourth-order valence-electron chi connectivity index (χ4n) is 1.93. The second kappa shape index (κ2) is 3.90. The molecule has 0 aliphatic heterocycles. The third-order valence-corrected chi connectivity index (χ3v) is 2.66. The SMILES string of the molecule is C=CC(O)CC1=C(CC)C1CC. The molecule has 0 aromatic rings. The van der Waals surface area contributed by atoms with Crippen LogP contribution in [0.2, 0.25) is 0 Å². The third kappa shape index (κ3) is 1.78. The van der Waals surface area contributed by atoms with E-state index in [0.29, 0.717) is 5.92 Å². The molecule has 0 fully saturated rings. The van der Waals surface area contributed by atoms with Gasteiger partial charge in [-0.2, -0.15) is 0 Å². The molecular weight excluding hydrogens is 148 g/mol. The predicted molar refractivity (Wildman–Crippen MR) is 51.9 cm³/mol. The van der Waals surface area contributed by atoms with E-state index in [9.17, 15) is 5.11 Å². The van der Waals surface area contributed by atoms with Gasteiger partial charge in [0.1, 0.15) is 0 Å². The summed E-state index contributed by atoms with van der Waals surface area (Å²) < 4.78 is 0. The number of allylic oxidation sites excluding steroid dienone is 1. The van der Waals surface area contributed by atoms with E-state index in [0.717, 1.165) is 12.8 Å². The minimum absolute atomic E-state index is 0.335. The maximum atomic E-state index is 9.34. The summed E-state index contributed by atoms with van der Waals surface area (Å²) in [5, 5.41) is 9.34. The van der Waals surface area contributed by atoms with Crippen LogP contribution < -0.4 is 0 Å². The van der Waals surface area contributed by atoms with E-state index >= 15 is 0 Å². The molecule has 0 heterocycles. The van der Waals surface area contributed by atoms with Crippen LogP contribution >= 0.6 is 0 Å². The summed E-state index contributed by atoms with van der Waals surface area (Å²) in [5.41, 5.74) is 3.05. The summed E-state index contributed by atoms with van der Waals surface area (Å²) >= 11 is 0. The molecule has 1 N–H and O–H groups in total. The second-order valence-electron chi connectivity index (χ2n) is 3.37. The first-order chi connectivity index (χ1) is 5.74. The zero-order valence-electron chi connectivity index (χ0n) is 8.01. The van der Waals surface area contributed by atoms with E-state index in [1.165, 1.54) is 12.0 Å². The van der Waals surface area contributed by atoms with Gasteiger partial charge in [-0.15, -0.1) is 6.58 Å². The van der Waals surface area contributed by atoms with Crippen LogP contribution in [0.25, 0.3) is 0 Å². The van der Waals surface area contributed by atoms with Crippen molar-refractivity contribution < 1.29 is 5.11 Å². The van der Waals surface area contributed by atoms with Crippen LogP contribution in [-0.4, -0.2) is 11.2 Å². The van der Waals surface area contributed by atoms with Crippen molar-refractivity contribution in [2.24, 2.45) is 5.92 Å². The smallest absolute Gasteiger partial charge is 0.0755 e. The van der Waals surface area contributed by atoms with Crippen LogP contribution in [0.3, 0.4) is 0 Å². The number of aliphatic hydroxyl groups excluding tert-OH is 1. The average Bonchev–Trinajstić information content (AvgIpc) is 2.77. The average molecular weight is 166 g/mol. The van der Waals surface area contributed by atoms with Gasteiger partial charge in [0.2, 0.25) is 0 Å². The lowest BCUT2D eigenvalue weighted by Crippen LogP contribution is -2.00. The Balaban J connectivity index is 2.42. The van der Waals surface area contributed by atoms with Crippen molar-refractivity contribution in [2.45, 2.75) is 39.2 Å². The Bertz CT molecular complexity index is 203.